The van der Waals surface area contributed by atoms with Gasteiger partial charge in [-0.1, -0.05) is 12.1 Å². The van der Waals surface area contributed by atoms with E-state index in [9.17, 15) is 22.4 Å². The van der Waals surface area contributed by atoms with E-state index >= 15 is 0 Å². The highest BCUT2D eigenvalue weighted by atomic mass is 32.2. The number of rotatable bonds is 5. The average Bonchev–Trinajstić information content (AvgIpc) is 2.55. The fourth-order valence-corrected chi connectivity index (χ4v) is 3.33. The van der Waals surface area contributed by atoms with Crippen molar-refractivity contribution in [2.45, 2.75) is 13.5 Å². The molecule has 138 valence electrons. The maximum Gasteiger partial charge on any atom is 0.238 e. The van der Waals surface area contributed by atoms with Gasteiger partial charge in [0.15, 0.2) is 0 Å². The van der Waals surface area contributed by atoms with Gasteiger partial charge in [-0.3, -0.25) is 9.59 Å². The highest BCUT2D eigenvalue weighted by Crippen LogP contribution is 2.11. The van der Waals surface area contributed by atoms with E-state index in [0.717, 1.165) is 10.6 Å². The predicted molar refractivity (Wildman–Crippen MR) is 90.5 cm³/mol. The Balaban J connectivity index is 2.01. The van der Waals surface area contributed by atoms with Crippen molar-refractivity contribution in [2.24, 2.45) is 0 Å². The fraction of sp³-hybridized carbons (Fsp3) is 0.500. The smallest absolute Gasteiger partial charge is 0.238 e. The summed E-state index contributed by atoms with van der Waals surface area (Å²) in [6.07, 6.45) is 1.04. The van der Waals surface area contributed by atoms with Crippen molar-refractivity contribution in [2.75, 3.05) is 39.0 Å². The number of hydrogen-bond donors (Lipinski definition) is 0. The zero-order chi connectivity index (χ0) is 18.6. The molecule has 0 spiro atoms. The van der Waals surface area contributed by atoms with Crippen molar-refractivity contribution in [3.8, 4) is 0 Å². The van der Waals surface area contributed by atoms with Crippen molar-refractivity contribution in [1.82, 2.24) is 14.1 Å². The standard InChI is InChI=1S/C16H22FN3O4S/c1-13(21)18-7-9-19(10-8-18)16(22)12-20(25(2,23)24)11-14-3-5-15(17)6-4-14/h3-6H,7-12H2,1-2H3. The summed E-state index contributed by atoms with van der Waals surface area (Å²) in [5, 5.41) is 0. The third kappa shape index (κ3) is 5.50. The fourth-order valence-electron chi connectivity index (χ4n) is 2.61. The molecule has 9 heteroatoms. The molecule has 0 aromatic heterocycles. The maximum atomic E-state index is 13.0. The largest absolute Gasteiger partial charge is 0.339 e. The second-order valence-electron chi connectivity index (χ2n) is 6.04. The van der Waals surface area contributed by atoms with Gasteiger partial charge >= 0.3 is 0 Å². The monoisotopic (exact) mass is 371 g/mol. The van der Waals surface area contributed by atoms with Crippen molar-refractivity contribution in [1.29, 1.82) is 0 Å². The summed E-state index contributed by atoms with van der Waals surface area (Å²) in [4.78, 5) is 27.0. The van der Waals surface area contributed by atoms with Gasteiger partial charge in [-0.15, -0.1) is 0 Å². The van der Waals surface area contributed by atoms with E-state index in [1.165, 1.54) is 31.2 Å². The minimum atomic E-state index is -3.60. The molecule has 1 aromatic carbocycles. The van der Waals surface area contributed by atoms with E-state index < -0.39 is 15.8 Å². The zero-order valence-corrected chi connectivity index (χ0v) is 15.1. The number of carbonyl (C=O) groups excluding carboxylic acids is 2. The van der Waals surface area contributed by atoms with E-state index in [0.29, 0.717) is 31.7 Å². The summed E-state index contributed by atoms with van der Waals surface area (Å²) in [5.74, 6) is -0.758. The van der Waals surface area contributed by atoms with Crippen LogP contribution in [0.3, 0.4) is 0 Å². The van der Waals surface area contributed by atoms with Crippen LogP contribution < -0.4 is 0 Å². The summed E-state index contributed by atoms with van der Waals surface area (Å²) in [6, 6.07) is 5.48. The number of piperazine rings is 1. The molecular weight excluding hydrogens is 349 g/mol. The summed E-state index contributed by atoms with van der Waals surface area (Å²) in [6.45, 7) is 2.84. The molecule has 0 radical (unpaired) electrons. The van der Waals surface area contributed by atoms with E-state index in [-0.39, 0.29) is 24.9 Å². The number of amides is 2. The molecule has 0 saturated carbocycles. The number of benzene rings is 1. The van der Waals surface area contributed by atoms with Crippen LogP contribution in [0.25, 0.3) is 0 Å². The quantitative estimate of drug-likeness (QED) is 0.745. The normalized spacial score (nSPS) is 15.5. The molecule has 0 atom stereocenters. The van der Waals surface area contributed by atoms with Crippen LogP contribution in [0.4, 0.5) is 4.39 Å². The first-order valence-corrected chi connectivity index (χ1v) is 9.74. The first-order chi connectivity index (χ1) is 11.7. The summed E-state index contributed by atoms with van der Waals surface area (Å²) in [5.41, 5.74) is 0.598. The van der Waals surface area contributed by atoms with Crippen molar-refractivity contribution < 1.29 is 22.4 Å². The molecule has 2 amide bonds. The van der Waals surface area contributed by atoms with Crippen molar-refractivity contribution >= 4 is 21.8 Å². The molecule has 1 aliphatic heterocycles. The topological polar surface area (TPSA) is 78.0 Å². The Kier molecular flexibility index (Phi) is 6.12. The third-order valence-electron chi connectivity index (χ3n) is 4.13. The molecule has 0 N–H and O–H groups in total. The van der Waals surface area contributed by atoms with Gasteiger partial charge in [0.1, 0.15) is 5.82 Å². The number of nitrogens with zero attached hydrogens (tertiary/aromatic N) is 3. The van der Waals surface area contributed by atoms with Gasteiger partial charge in [-0.25, -0.2) is 12.8 Å². The predicted octanol–water partition coefficient (Wildman–Crippen LogP) is 0.278. The second-order valence-corrected chi connectivity index (χ2v) is 8.03. The van der Waals surface area contributed by atoms with Gasteiger partial charge in [0.2, 0.25) is 21.8 Å². The summed E-state index contributed by atoms with van der Waals surface area (Å²) >= 11 is 0. The summed E-state index contributed by atoms with van der Waals surface area (Å²) < 4.78 is 38.0. The summed E-state index contributed by atoms with van der Waals surface area (Å²) in [7, 11) is -3.60. The Hall–Kier alpha value is -2.00. The van der Waals surface area contributed by atoms with Crippen molar-refractivity contribution in [3.63, 3.8) is 0 Å². The molecule has 0 unspecified atom stereocenters. The highest BCUT2D eigenvalue weighted by molar-refractivity contribution is 7.88. The second kappa shape index (κ2) is 7.92. The lowest BCUT2D eigenvalue weighted by molar-refractivity contribution is -0.138. The number of sulfonamides is 1. The SMILES string of the molecule is CC(=O)N1CCN(C(=O)CN(Cc2ccc(F)cc2)S(C)(=O)=O)CC1. The molecule has 0 bridgehead atoms. The van der Waals surface area contributed by atoms with E-state index in [4.69, 9.17) is 0 Å². The van der Waals surface area contributed by atoms with Crippen LogP contribution in [0.2, 0.25) is 0 Å². The molecule has 2 rings (SSSR count). The van der Waals surface area contributed by atoms with Crippen LogP contribution >= 0.6 is 0 Å². The molecule has 1 saturated heterocycles. The van der Waals surface area contributed by atoms with Crippen LogP contribution in [-0.4, -0.2) is 73.3 Å². The zero-order valence-electron chi connectivity index (χ0n) is 14.3. The molecular formula is C16H22FN3O4S. The average molecular weight is 371 g/mol. The maximum absolute atomic E-state index is 13.0. The van der Waals surface area contributed by atoms with Crippen LogP contribution in [0.15, 0.2) is 24.3 Å². The van der Waals surface area contributed by atoms with Gasteiger partial charge in [-0.2, -0.15) is 4.31 Å². The van der Waals surface area contributed by atoms with Crippen LogP contribution in [0.5, 0.6) is 0 Å². The van der Waals surface area contributed by atoms with Gasteiger partial charge in [0.25, 0.3) is 0 Å². The van der Waals surface area contributed by atoms with E-state index in [1.807, 2.05) is 0 Å². The molecule has 1 aliphatic rings. The minimum absolute atomic E-state index is 0.00172. The Labute approximate surface area is 147 Å². The molecule has 1 aromatic rings. The van der Waals surface area contributed by atoms with Crippen LogP contribution in [0, 0.1) is 5.82 Å². The Morgan fingerprint density at radius 3 is 2.08 bits per heavy atom. The van der Waals surface area contributed by atoms with E-state index in [2.05, 4.69) is 0 Å². The molecule has 0 aliphatic carbocycles. The molecule has 1 fully saturated rings. The Morgan fingerprint density at radius 1 is 1.08 bits per heavy atom. The highest BCUT2D eigenvalue weighted by Gasteiger charge is 2.26. The van der Waals surface area contributed by atoms with Crippen molar-refractivity contribution in [3.05, 3.63) is 35.6 Å². The third-order valence-corrected chi connectivity index (χ3v) is 5.33. The molecule has 1 heterocycles. The van der Waals surface area contributed by atoms with Gasteiger partial charge < -0.3 is 9.80 Å². The Morgan fingerprint density at radius 2 is 1.60 bits per heavy atom. The number of hydrogen-bond acceptors (Lipinski definition) is 4. The lowest BCUT2D eigenvalue weighted by atomic mass is 10.2. The minimum Gasteiger partial charge on any atom is -0.339 e. The molecule has 7 nitrogen and oxygen atoms in total. The van der Waals surface area contributed by atoms with Crippen LogP contribution in [-0.2, 0) is 26.2 Å². The number of carbonyl (C=O) groups is 2. The lowest BCUT2D eigenvalue weighted by Gasteiger charge is -2.35. The number of halogens is 1. The van der Waals surface area contributed by atoms with Gasteiger partial charge in [-0.05, 0) is 17.7 Å². The lowest BCUT2D eigenvalue weighted by Crippen LogP contribution is -2.52. The van der Waals surface area contributed by atoms with Gasteiger partial charge in [0, 0.05) is 39.6 Å². The Bertz CT molecular complexity index is 728. The van der Waals surface area contributed by atoms with Gasteiger partial charge in [0.05, 0.1) is 12.8 Å². The molecule has 25 heavy (non-hydrogen) atoms. The first kappa shape index (κ1) is 19.3. The van der Waals surface area contributed by atoms with E-state index in [1.54, 1.807) is 9.80 Å². The first-order valence-electron chi connectivity index (χ1n) is 7.89. The van der Waals surface area contributed by atoms with Crippen LogP contribution in [0.1, 0.15) is 12.5 Å².